The van der Waals surface area contributed by atoms with E-state index in [-0.39, 0.29) is 0 Å². The fourth-order valence-electron chi connectivity index (χ4n) is 5.86. The summed E-state index contributed by atoms with van der Waals surface area (Å²) in [6, 6.07) is 5.13. The number of anilines is 1. The highest BCUT2D eigenvalue weighted by molar-refractivity contribution is 5.85. The van der Waals surface area contributed by atoms with Crippen LogP contribution in [0.1, 0.15) is 80.1 Å². The number of benzene rings is 1. The van der Waals surface area contributed by atoms with Crippen LogP contribution in [0.5, 0.6) is 0 Å². The summed E-state index contributed by atoms with van der Waals surface area (Å²) in [5, 5.41) is 5.14. The summed E-state index contributed by atoms with van der Waals surface area (Å²) in [5.41, 5.74) is 11.1. The van der Waals surface area contributed by atoms with Crippen LogP contribution in [-0.4, -0.2) is 27.2 Å². The highest BCUT2D eigenvalue weighted by atomic mass is 15.4. The number of nitrogens with zero attached hydrogens (tertiary/aromatic N) is 4. The minimum Gasteiger partial charge on any atom is -0.353 e. The summed E-state index contributed by atoms with van der Waals surface area (Å²) < 4.78 is 2.19. The summed E-state index contributed by atoms with van der Waals surface area (Å²) in [4.78, 5) is 7.85. The second-order valence-electron chi connectivity index (χ2n) is 9.90. The van der Waals surface area contributed by atoms with Gasteiger partial charge < -0.3 is 4.90 Å². The summed E-state index contributed by atoms with van der Waals surface area (Å²) >= 11 is 0. The SMILES string of the molecule is CCC(CC)CN1c2c(c(C)nc3c(-c4c(C)cc(C)cc4C)c(C)nn23)CCC1CC. The Morgan fingerprint density at radius 3 is 2.19 bits per heavy atom. The predicted octanol–water partition coefficient (Wildman–Crippen LogP) is 6.91. The molecule has 1 unspecified atom stereocenters. The Balaban J connectivity index is 1.99. The molecular weight excluding hydrogens is 392 g/mol. The Labute approximate surface area is 194 Å². The van der Waals surface area contributed by atoms with Crippen LogP contribution in [0.4, 0.5) is 5.82 Å². The monoisotopic (exact) mass is 432 g/mol. The standard InChI is InChI=1S/C28H40N4/c1-9-22(10-2)16-31-23(11-3)12-13-24-20(7)29-27-26(21(8)30-32(27)28(24)31)25-18(5)14-17(4)15-19(25)6/h14-15,22-23H,9-13,16H2,1-8H3. The maximum atomic E-state index is 5.17. The van der Waals surface area contributed by atoms with Crippen molar-refractivity contribution in [3.8, 4) is 11.1 Å². The third-order valence-corrected chi connectivity index (χ3v) is 7.67. The normalized spacial score (nSPS) is 16.3. The van der Waals surface area contributed by atoms with E-state index >= 15 is 0 Å². The van der Waals surface area contributed by atoms with Crippen LogP contribution >= 0.6 is 0 Å². The molecule has 0 N–H and O–H groups in total. The lowest BCUT2D eigenvalue weighted by atomic mass is 9.92. The van der Waals surface area contributed by atoms with Gasteiger partial charge in [0, 0.05) is 23.8 Å². The molecule has 3 aromatic rings. The van der Waals surface area contributed by atoms with Gasteiger partial charge in [0.1, 0.15) is 5.82 Å². The van der Waals surface area contributed by atoms with Gasteiger partial charge in [-0.25, -0.2) is 4.98 Å². The molecule has 1 aromatic carbocycles. The first-order chi connectivity index (χ1) is 15.3. The maximum Gasteiger partial charge on any atom is 0.165 e. The van der Waals surface area contributed by atoms with E-state index in [0.29, 0.717) is 12.0 Å². The summed E-state index contributed by atoms with van der Waals surface area (Å²) in [5.74, 6) is 2.01. The molecule has 0 saturated heterocycles. The third-order valence-electron chi connectivity index (χ3n) is 7.67. The molecule has 0 amide bonds. The number of aryl methyl sites for hydroxylation is 5. The van der Waals surface area contributed by atoms with E-state index in [2.05, 4.69) is 76.9 Å². The fraction of sp³-hybridized carbons (Fsp3) is 0.571. The van der Waals surface area contributed by atoms with E-state index in [1.165, 1.54) is 70.6 Å². The van der Waals surface area contributed by atoms with Gasteiger partial charge in [-0.2, -0.15) is 9.61 Å². The molecule has 3 heterocycles. The Hall–Kier alpha value is -2.36. The third kappa shape index (κ3) is 3.72. The molecule has 1 atom stereocenters. The van der Waals surface area contributed by atoms with Gasteiger partial charge >= 0.3 is 0 Å². The molecule has 1 aliphatic heterocycles. The molecule has 4 rings (SSSR count). The molecule has 2 aromatic heterocycles. The lowest BCUT2D eigenvalue weighted by Gasteiger charge is -2.40. The minimum absolute atomic E-state index is 0.573. The molecule has 0 aliphatic carbocycles. The van der Waals surface area contributed by atoms with Gasteiger partial charge in [-0.3, -0.25) is 0 Å². The van der Waals surface area contributed by atoms with Crippen LogP contribution < -0.4 is 4.90 Å². The van der Waals surface area contributed by atoms with E-state index in [9.17, 15) is 0 Å². The number of hydrogen-bond acceptors (Lipinski definition) is 3. The first kappa shape index (κ1) is 22.8. The second-order valence-corrected chi connectivity index (χ2v) is 9.90. The van der Waals surface area contributed by atoms with Gasteiger partial charge in [0.25, 0.3) is 0 Å². The summed E-state index contributed by atoms with van der Waals surface area (Å²) in [6.07, 6.45) is 5.92. The van der Waals surface area contributed by atoms with Crippen molar-refractivity contribution in [2.24, 2.45) is 5.92 Å². The molecule has 4 heteroatoms. The highest BCUT2D eigenvalue weighted by Gasteiger charge is 2.32. The van der Waals surface area contributed by atoms with Crippen LogP contribution in [0, 0.1) is 40.5 Å². The van der Waals surface area contributed by atoms with Gasteiger partial charge in [-0.15, -0.1) is 0 Å². The number of fused-ring (bicyclic) bond motifs is 3. The lowest BCUT2D eigenvalue weighted by Crippen LogP contribution is -2.43. The van der Waals surface area contributed by atoms with Crippen molar-refractivity contribution < 1.29 is 0 Å². The van der Waals surface area contributed by atoms with Gasteiger partial charge in [0.15, 0.2) is 5.65 Å². The van der Waals surface area contributed by atoms with Crippen LogP contribution in [0.25, 0.3) is 16.8 Å². The number of rotatable bonds is 6. The van der Waals surface area contributed by atoms with Crippen molar-refractivity contribution in [1.82, 2.24) is 14.6 Å². The number of hydrogen-bond donors (Lipinski definition) is 0. The Morgan fingerprint density at radius 2 is 1.59 bits per heavy atom. The molecule has 1 aliphatic rings. The Kier molecular flexibility index (Phi) is 6.33. The molecule has 0 radical (unpaired) electrons. The quantitative estimate of drug-likeness (QED) is 0.424. The molecule has 0 saturated carbocycles. The van der Waals surface area contributed by atoms with E-state index in [1.807, 2.05) is 0 Å². The van der Waals surface area contributed by atoms with E-state index < -0.39 is 0 Å². The molecule has 0 fully saturated rings. The zero-order valence-electron chi connectivity index (χ0n) is 21.3. The lowest BCUT2D eigenvalue weighted by molar-refractivity contribution is 0.420. The van der Waals surface area contributed by atoms with Crippen molar-refractivity contribution in [3.05, 3.63) is 45.8 Å². The van der Waals surface area contributed by atoms with Crippen LogP contribution in [0.15, 0.2) is 12.1 Å². The largest absolute Gasteiger partial charge is 0.353 e. The molecular formula is C28H40N4. The van der Waals surface area contributed by atoms with Crippen molar-refractivity contribution in [1.29, 1.82) is 0 Å². The Bertz CT molecular complexity index is 1110. The van der Waals surface area contributed by atoms with Crippen LogP contribution in [0.3, 0.4) is 0 Å². The second kappa shape index (κ2) is 8.88. The van der Waals surface area contributed by atoms with Gasteiger partial charge in [0.05, 0.1) is 11.3 Å². The average Bonchev–Trinajstić information content (AvgIpc) is 3.06. The molecule has 4 nitrogen and oxygen atoms in total. The first-order valence-electron chi connectivity index (χ1n) is 12.5. The Morgan fingerprint density at radius 1 is 0.938 bits per heavy atom. The molecule has 172 valence electrons. The van der Waals surface area contributed by atoms with E-state index in [1.54, 1.807) is 0 Å². The highest BCUT2D eigenvalue weighted by Crippen LogP contribution is 2.39. The van der Waals surface area contributed by atoms with Crippen molar-refractivity contribution in [3.63, 3.8) is 0 Å². The number of aromatic nitrogens is 3. The van der Waals surface area contributed by atoms with E-state index in [4.69, 9.17) is 10.1 Å². The van der Waals surface area contributed by atoms with Gasteiger partial charge in [-0.05, 0) is 76.5 Å². The van der Waals surface area contributed by atoms with Crippen LogP contribution in [-0.2, 0) is 6.42 Å². The average molecular weight is 433 g/mol. The van der Waals surface area contributed by atoms with Crippen LogP contribution in [0.2, 0.25) is 0 Å². The minimum atomic E-state index is 0.573. The maximum absolute atomic E-state index is 5.17. The smallest absolute Gasteiger partial charge is 0.165 e. The zero-order chi connectivity index (χ0) is 23.2. The van der Waals surface area contributed by atoms with Gasteiger partial charge in [-0.1, -0.05) is 51.3 Å². The molecule has 0 bridgehead atoms. The van der Waals surface area contributed by atoms with Crippen molar-refractivity contribution in [2.45, 2.75) is 93.5 Å². The molecule has 0 spiro atoms. The summed E-state index contributed by atoms with van der Waals surface area (Å²) in [7, 11) is 0. The van der Waals surface area contributed by atoms with E-state index in [0.717, 1.165) is 24.3 Å². The van der Waals surface area contributed by atoms with Gasteiger partial charge in [0.2, 0.25) is 0 Å². The predicted molar refractivity (Wildman–Crippen MR) is 136 cm³/mol. The molecule has 32 heavy (non-hydrogen) atoms. The fourth-order valence-corrected chi connectivity index (χ4v) is 5.86. The summed E-state index contributed by atoms with van der Waals surface area (Å²) in [6.45, 7) is 19.0. The first-order valence-corrected chi connectivity index (χ1v) is 12.5. The zero-order valence-corrected chi connectivity index (χ0v) is 21.3. The topological polar surface area (TPSA) is 33.4 Å². The van der Waals surface area contributed by atoms with Crippen molar-refractivity contribution >= 4 is 11.5 Å². The van der Waals surface area contributed by atoms with Crippen molar-refractivity contribution in [2.75, 3.05) is 11.4 Å².